The van der Waals surface area contributed by atoms with Crippen LogP contribution in [0.4, 0.5) is 0 Å². The minimum atomic E-state index is -1.47. The summed E-state index contributed by atoms with van der Waals surface area (Å²) in [4.78, 5) is 53.3. The third kappa shape index (κ3) is 2.78. The van der Waals surface area contributed by atoms with E-state index in [0.717, 1.165) is 0 Å². The number of aliphatic hydroxyl groups is 1. The number of cyclic esters (lactones) is 1. The van der Waals surface area contributed by atoms with Crippen LogP contribution in [-0.2, 0) is 33.4 Å². The lowest BCUT2D eigenvalue weighted by Crippen LogP contribution is -2.66. The second-order valence-corrected chi connectivity index (χ2v) is 11.6. The Kier molecular flexibility index (Phi) is 5.27. The van der Waals surface area contributed by atoms with E-state index in [1.165, 1.54) is 19.6 Å². The van der Waals surface area contributed by atoms with E-state index in [-0.39, 0.29) is 30.8 Å². The van der Waals surface area contributed by atoms with E-state index in [1.807, 2.05) is 0 Å². The number of methoxy groups -OCH3 is 1. The van der Waals surface area contributed by atoms with Crippen molar-refractivity contribution in [3.63, 3.8) is 0 Å². The Morgan fingerprint density at radius 1 is 1.22 bits per heavy atom. The van der Waals surface area contributed by atoms with Gasteiger partial charge < -0.3 is 23.7 Å². The fourth-order valence-electron chi connectivity index (χ4n) is 7.53. The molecule has 0 aromatic carbocycles. The number of fused-ring (bicyclic) bond motifs is 2. The Balaban J connectivity index is 1.71. The maximum Gasteiger partial charge on any atom is 0.309 e. The molecule has 1 aromatic heterocycles. The van der Waals surface area contributed by atoms with Crippen LogP contribution in [0.15, 0.2) is 35.2 Å². The van der Waals surface area contributed by atoms with Gasteiger partial charge >= 0.3 is 11.9 Å². The summed E-state index contributed by atoms with van der Waals surface area (Å²) in [6.07, 6.45) is -0.851. The number of ketones is 2. The van der Waals surface area contributed by atoms with Gasteiger partial charge in [0.05, 0.1) is 61.4 Å². The molecule has 1 aromatic rings. The molecule has 36 heavy (non-hydrogen) atoms. The summed E-state index contributed by atoms with van der Waals surface area (Å²) in [5.74, 6) is -3.47. The topological polar surface area (TPSA) is 129 Å². The Bertz CT molecular complexity index is 1170. The third-order valence-corrected chi connectivity index (χ3v) is 9.84. The lowest BCUT2D eigenvalue weighted by atomic mass is 9.50. The summed E-state index contributed by atoms with van der Waals surface area (Å²) in [6.45, 7) is 11.1. The van der Waals surface area contributed by atoms with E-state index in [1.54, 1.807) is 33.8 Å². The number of hydrogen-bond donors (Lipinski definition) is 1. The molecule has 2 aliphatic carbocycles. The number of carbonyl (C=O) groups excluding carboxylic acids is 4. The number of rotatable bonds is 3. The number of ether oxygens (including phenoxy) is 3. The Labute approximate surface area is 209 Å². The van der Waals surface area contributed by atoms with Gasteiger partial charge in [-0.1, -0.05) is 27.4 Å². The number of Topliss-reactive ketones (excluding diaryl/α,β-unsaturated/α-hetero) is 2. The first-order valence-corrected chi connectivity index (χ1v) is 12.2. The van der Waals surface area contributed by atoms with Crippen molar-refractivity contribution in [2.45, 2.75) is 70.9 Å². The monoisotopic (exact) mass is 500 g/mol. The molecule has 4 aliphatic rings. The Morgan fingerprint density at radius 3 is 2.53 bits per heavy atom. The molecule has 4 fully saturated rings. The first-order valence-electron chi connectivity index (χ1n) is 12.2. The highest BCUT2D eigenvalue weighted by atomic mass is 16.6. The molecule has 2 bridgehead atoms. The molecule has 8 atom stereocenters. The molecule has 8 unspecified atom stereocenters. The molecule has 2 aliphatic heterocycles. The van der Waals surface area contributed by atoms with Crippen LogP contribution in [-0.4, -0.2) is 53.5 Å². The number of aliphatic hydroxyl groups excluding tert-OH is 1. The van der Waals surface area contributed by atoms with Crippen molar-refractivity contribution in [3.05, 3.63) is 36.3 Å². The number of furan rings is 1. The van der Waals surface area contributed by atoms with Gasteiger partial charge in [-0.3, -0.25) is 19.2 Å². The van der Waals surface area contributed by atoms with Crippen LogP contribution in [0.5, 0.6) is 0 Å². The molecule has 1 spiro atoms. The van der Waals surface area contributed by atoms with Crippen LogP contribution in [0.25, 0.3) is 0 Å². The molecule has 5 rings (SSSR count). The molecule has 2 saturated carbocycles. The fourth-order valence-corrected chi connectivity index (χ4v) is 7.53. The molecule has 3 heterocycles. The van der Waals surface area contributed by atoms with Gasteiger partial charge in [0.25, 0.3) is 0 Å². The number of hydrogen-bond acceptors (Lipinski definition) is 9. The molecule has 1 N–H and O–H groups in total. The molecular weight excluding hydrogens is 468 g/mol. The van der Waals surface area contributed by atoms with Crippen molar-refractivity contribution in [2.24, 2.45) is 28.1 Å². The first kappa shape index (κ1) is 24.9. The average Bonchev–Trinajstić information content (AvgIpc) is 3.39. The van der Waals surface area contributed by atoms with Gasteiger partial charge in [-0.25, -0.2) is 0 Å². The van der Waals surface area contributed by atoms with E-state index in [4.69, 9.17) is 18.6 Å². The van der Waals surface area contributed by atoms with Crippen LogP contribution in [0.2, 0.25) is 0 Å². The standard InChI is InChI=1S/C27H32O9/c1-13-20-21(31)25(4)15(9-18(29)33-6)24(2,3)16(28)10-17(25)36-27(13)11-19(30)35-23(14-7-8-34-12-14)26(27,5)22(20)32/h7-8,12,15,17,20,22-23,32H,1,9-11H2,2-6H3. The summed E-state index contributed by atoms with van der Waals surface area (Å²) >= 11 is 0. The lowest BCUT2D eigenvalue weighted by Gasteiger charge is -2.58. The van der Waals surface area contributed by atoms with E-state index in [2.05, 4.69) is 6.58 Å². The summed E-state index contributed by atoms with van der Waals surface area (Å²) < 4.78 is 22.6. The minimum Gasteiger partial charge on any atom is -0.472 e. The highest BCUT2D eigenvalue weighted by Gasteiger charge is 2.78. The molecule has 0 radical (unpaired) electrons. The van der Waals surface area contributed by atoms with Crippen molar-refractivity contribution in [2.75, 3.05) is 7.11 Å². The van der Waals surface area contributed by atoms with E-state index >= 15 is 0 Å². The van der Waals surface area contributed by atoms with Gasteiger partial charge in [-0.15, -0.1) is 0 Å². The fraction of sp³-hybridized carbons (Fsp3) is 0.630. The van der Waals surface area contributed by atoms with Gasteiger partial charge in [-0.05, 0) is 24.5 Å². The van der Waals surface area contributed by atoms with Crippen LogP contribution in [0, 0.1) is 28.1 Å². The SMILES string of the molecule is C=C1C2C(=O)C3(C)C(CC(=O)C(C)(C)C3CC(=O)OC)OC13CC(=O)OC(c1ccoc1)C3(C)C2O. The predicted molar refractivity (Wildman–Crippen MR) is 123 cm³/mol. The van der Waals surface area contributed by atoms with Crippen molar-refractivity contribution in [1.29, 1.82) is 0 Å². The molecule has 2 saturated heterocycles. The third-order valence-electron chi connectivity index (χ3n) is 9.84. The largest absolute Gasteiger partial charge is 0.472 e. The van der Waals surface area contributed by atoms with Crippen LogP contribution >= 0.6 is 0 Å². The zero-order chi connectivity index (χ0) is 26.4. The van der Waals surface area contributed by atoms with Gasteiger partial charge in [0.2, 0.25) is 0 Å². The predicted octanol–water partition coefficient (Wildman–Crippen LogP) is 2.71. The molecular formula is C27H32O9. The van der Waals surface area contributed by atoms with Gasteiger partial charge in [-0.2, -0.15) is 0 Å². The van der Waals surface area contributed by atoms with Gasteiger partial charge in [0.15, 0.2) is 5.78 Å². The van der Waals surface area contributed by atoms with Crippen molar-refractivity contribution >= 4 is 23.5 Å². The summed E-state index contributed by atoms with van der Waals surface area (Å²) in [6, 6.07) is 1.64. The lowest BCUT2D eigenvalue weighted by molar-refractivity contribution is -0.259. The quantitative estimate of drug-likeness (QED) is 0.492. The Hall–Kier alpha value is -2.78. The molecule has 9 heteroatoms. The van der Waals surface area contributed by atoms with Crippen LogP contribution < -0.4 is 0 Å². The number of carbonyl (C=O) groups is 4. The van der Waals surface area contributed by atoms with Crippen molar-refractivity contribution in [1.82, 2.24) is 0 Å². The highest BCUT2D eigenvalue weighted by molar-refractivity contribution is 5.98. The summed E-state index contributed by atoms with van der Waals surface area (Å²) in [5, 5.41) is 11.8. The summed E-state index contributed by atoms with van der Waals surface area (Å²) in [5.41, 5.74) is -4.28. The molecule has 0 amide bonds. The van der Waals surface area contributed by atoms with E-state index < -0.39 is 63.9 Å². The normalized spacial score (nSPS) is 43.3. The van der Waals surface area contributed by atoms with Crippen molar-refractivity contribution in [3.8, 4) is 0 Å². The molecule has 9 nitrogen and oxygen atoms in total. The van der Waals surface area contributed by atoms with E-state index in [9.17, 15) is 24.3 Å². The highest BCUT2D eigenvalue weighted by Crippen LogP contribution is 2.69. The van der Waals surface area contributed by atoms with Gasteiger partial charge in [0, 0.05) is 17.4 Å². The van der Waals surface area contributed by atoms with E-state index in [0.29, 0.717) is 11.1 Å². The summed E-state index contributed by atoms with van der Waals surface area (Å²) in [7, 11) is 1.26. The maximum atomic E-state index is 14.5. The van der Waals surface area contributed by atoms with Crippen LogP contribution in [0.1, 0.15) is 58.6 Å². The zero-order valence-corrected chi connectivity index (χ0v) is 21.2. The smallest absolute Gasteiger partial charge is 0.309 e. The first-order chi connectivity index (χ1) is 16.8. The second kappa shape index (κ2) is 7.61. The Morgan fingerprint density at radius 2 is 1.92 bits per heavy atom. The average molecular weight is 501 g/mol. The zero-order valence-electron chi connectivity index (χ0n) is 21.2. The minimum absolute atomic E-state index is 0.0771. The van der Waals surface area contributed by atoms with Gasteiger partial charge in [0.1, 0.15) is 17.5 Å². The number of esters is 2. The second-order valence-electron chi connectivity index (χ2n) is 11.6. The maximum absolute atomic E-state index is 14.5. The van der Waals surface area contributed by atoms with Crippen LogP contribution in [0.3, 0.4) is 0 Å². The van der Waals surface area contributed by atoms with Crippen molar-refractivity contribution < 1.29 is 42.9 Å². The molecule has 194 valence electrons.